The van der Waals surface area contributed by atoms with Gasteiger partial charge in [-0.25, -0.2) is 0 Å². The zero-order valence-corrected chi connectivity index (χ0v) is 31.4. The van der Waals surface area contributed by atoms with Crippen LogP contribution in [0.4, 0.5) is 0 Å². The lowest BCUT2D eigenvalue weighted by molar-refractivity contribution is 1.18. The van der Waals surface area contributed by atoms with Crippen molar-refractivity contribution >= 4 is 54.8 Å². The molecule has 10 aromatic rings. The highest BCUT2D eigenvalue weighted by Gasteiger charge is 2.15. The second kappa shape index (κ2) is 13.7. The number of hydrogen-bond acceptors (Lipinski definition) is 0. The van der Waals surface area contributed by atoms with Gasteiger partial charge in [-0.1, -0.05) is 152 Å². The fraction of sp³-hybridized carbons (Fsp3) is 0.0182. The SMILES string of the molecule is C1=CCC(c2ccc(-n3c4ccccc4c4ccccc43)cc2)=CC(c2cc(-c3ccccc3)cc(-c3ccc(-n4c5ccccc5c5ccccc54)cc3)c2)=C1. The Labute approximate surface area is 332 Å². The van der Waals surface area contributed by atoms with Gasteiger partial charge in [-0.2, -0.15) is 0 Å². The van der Waals surface area contributed by atoms with Crippen molar-refractivity contribution in [2.45, 2.75) is 6.42 Å². The summed E-state index contributed by atoms with van der Waals surface area (Å²) in [6, 6.07) is 70.7. The molecular weight excluding hydrogens is 689 g/mol. The molecule has 0 bridgehead atoms. The van der Waals surface area contributed by atoms with Gasteiger partial charge < -0.3 is 9.13 Å². The largest absolute Gasteiger partial charge is 0.309 e. The van der Waals surface area contributed by atoms with E-state index in [9.17, 15) is 0 Å². The van der Waals surface area contributed by atoms with Crippen LogP contribution in [0.25, 0.3) is 88.4 Å². The molecule has 8 aromatic carbocycles. The van der Waals surface area contributed by atoms with Gasteiger partial charge in [-0.15, -0.1) is 0 Å². The third-order valence-electron chi connectivity index (χ3n) is 11.6. The van der Waals surface area contributed by atoms with E-state index in [0.717, 1.165) is 12.1 Å². The van der Waals surface area contributed by atoms with Crippen molar-refractivity contribution < 1.29 is 0 Å². The van der Waals surface area contributed by atoms with Crippen LogP contribution in [0.15, 0.2) is 218 Å². The zero-order chi connectivity index (χ0) is 37.7. The molecule has 0 saturated carbocycles. The number of benzene rings is 8. The number of aromatic nitrogens is 2. The average molecular weight is 727 g/mol. The lowest BCUT2D eigenvalue weighted by Crippen LogP contribution is -1.95. The molecule has 0 saturated heterocycles. The number of hydrogen-bond donors (Lipinski definition) is 0. The topological polar surface area (TPSA) is 9.86 Å². The Morgan fingerprint density at radius 3 is 1.23 bits per heavy atom. The van der Waals surface area contributed by atoms with E-state index in [-0.39, 0.29) is 0 Å². The Bertz CT molecular complexity index is 3120. The van der Waals surface area contributed by atoms with Crippen LogP contribution in [0.2, 0.25) is 0 Å². The lowest BCUT2D eigenvalue weighted by Gasteiger charge is -2.14. The van der Waals surface area contributed by atoms with Crippen molar-refractivity contribution in [1.82, 2.24) is 9.13 Å². The molecule has 0 spiro atoms. The highest BCUT2D eigenvalue weighted by Crippen LogP contribution is 2.37. The van der Waals surface area contributed by atoms with Gasteiger partial charge in [0, 0.05) is 32.9 Å². The first-order valence-electron chi connectivity index (χ1n) is 19.7. The minimum atomic E-state index is 0.865. The standard InChI is InChI=1S/C55H38N2/c1-2-14-38(15-3-1)43-35-44(40-28-32-47(33-29-40)57-54-24-12-8-20-50(54)51-21-9-13-25-55(51)57)37-45(36-43)42-17-5-4-16-41(34-42)39-26-30-46(31-27-39)56-52-22-10-6-18-48(52)49-19-7-11-23-53(49)56/h1-15,17-37H,16H2. The van der Waals surface area contributed by atoms with Crippen LogP contribution in [-0.4, -0.2) is 9.13 Å². The van der Waals surface area contributed by atoms with Gasteiger partial charge in [-0.3, -0.25) is 0 Å². The molecule has 1 aliphatic carbocycles. The van der Waals surface area contributed by atoms with Gasteiger partial charge in [0.2, 0.25) is 0 Å². The minimum Gasteiger partial charge on any atom is -0.309 e. The predicted octanol–water partition coefficient (Wildman–Crippen LogP) is 14.6. The maximum atomic E-state index is 2.38. The third kappa shape index (κ3) is 5.73. The molecule has 0 aliphatic heterocycles. The molecule has 0 fully saturated rings. The molecule has 2 aromatic heterocycles. The highest BCUT2D eigenvalue weighted by molar-refractivity contribution is 6.10. The first-order chi connectivity index (χ1) is 28.3. The molecule has 2 heteroatoms. The summed E-state index contributed by atoms with van der Waals surface area (Å²) in [6.07, 6.45) is 9.99. The fourth-order valence-corrected chi connectivity index (χ4v) is 8.83. The van der Waals surface area contributed by atoms with E-state index in [1.54, 1.807) is 0 Å². The first-order valence-corrected chi connectivity index (χ1v) is 19.7. The normalized spacial score (nSPS) is 13.0. The van der Waals surface area contributed by atoms with Crippen LogP contribution >= 0.6 is 0 Å². The summed E-state index contributed by atoms with van der Waals surface area (Å²) in [5, 5.41) is 5.10. The molecule has 57 heavy (non-hydrogen) atoms. The van der Waals surface area contributed by atoms with E-state index in [0.29, 0.717) is 0 Å². The summed E-state index contributed by atoms with van der Waals surface area (Å²) >= 11 is 0. The Morgan fingerprint density at radius 2 is 0.737 bits per heavy atom. The molecule has 268 valence electrons. The Morgan fingerprint density at radius 1 is 0.333 bits per heavy atom. The van der Waals surface area contributed by atoms with Crippen LogP contribution in [-0.2, 0) is 0 Å². The summed E-state index contributed by atoms with van der Waals surface area (Å²) in [5.41, 5.74) is 16.9. The maximum absolute atomic E-state index is 2.38. The monoisotopic (exact) mass is 726 g/mol. The average Bonchev–Trinajstić information content (AvgIpc) is 3.67. The summed E-state index contributed by atoms with van der Waals surface area (Å²) in [7, 11) is 0. The second-order valence-corrected chi connectivity index (χ2v) is 14.9. The lowest BCUT2D eigenvalue weighted by atomic mass is 9.91. The Hall–Kier alpha value is -7.42. The molecule has 0 radical (unpaired) electrons. The highest BCUT2D eigenvalue weighted by atomic mass is 15.0. The number of nitrogens with zero attached hydrogens (tertiary/aromatic N) is 2. The number of allylic oxidation sites excluding steroid dienone is 6. The zero-order valence-electron chi connectivity index (χ0n) is 31.4. The van der Waals surface area contributed by atoms with E-state index < -0.39 is 0 Å². The minimum absolute atomic E-state index is 0.865. The summed E-state index contributed by atoms with van der Waals surface area (Å²) in [5.74, 6) is 0. The van der Waals surface area contributed by atoms with Crippen LogP contribution in [0, 0.1) is 0 Å². The van der Waals surface area contributed by atoms with E-state index in [2.05, 4.69) is 228 Å². The van der Waals surface area contributed by atoms with Crippen molar-refractivity contribution in [3.8, 4) is 33.6 Å². The van der Waals surface area contributed by atoms with Crippen LogP contribution in [0.5, 0.6) is 0 Å². The Kier molecular flexibility index (Phi) is 7.93. The molecule has 0 amide bonds. The number of fused-ring (bicyclic) bond motifs is 6. The van der Waals surface area contributed by atoms with Gasteiger partial charge in [0.15, 0.2) is 0 Å². The van der Waals surface area contributed by atoms with Gasteiger partial charge in [0.1, 0.15) is 0 Å². The van der Waals surface area contributed by atoms with Gasteiger partial charge in [-0.05, 0) is 118 Å². The van der Waals surface area contributed by atoms with Crippen molar-refractivity contribution in [3.63, 3.8) is 0 Å². The molecule has 0 atom stereocenters. The van der Waals surface area contributed by atoms with Crippen molar-refractivity contribution in [3.05, 3.63) is 230 Å². The molecule has 1 aliphatic rings. The van der Waals surface area contributed by atoms with E-state index in [1.807, 2.05) is 0 Å². The quantitative estimate of drug-likeness (QED) is 0.161. The Balaban J connectivity index is 0.975. The summed E-state index contributed by atoms with van der Waals surface area (Å²) in [6.45, 7) is 0. The molecule has 0 unspecified atom stereocenters. The van der Waals surface area contributed by atoms with Crippen LogP contribution in [0.3, 0.4) is 0 Å². The molecule has 2 nitrogen and oxygen atoms in total. The van der Waals surface area contributed by atoms with Gasteiger partial charge >= 0.3 is 0 Å². The van der Waals surface area contributed by atoms with Gasteiger partial charge in [0.25, 0.3) is 0 Å². The van der Waals surface area contributed by atoms with Crippen LogP contribution < -0.4 is 0 Å². The van der Waals surface area contributed by atoms with Crippen molar-refractivity contribution in [2.24, 2.45) is 0 Å². The van der Waals surface area contributed by atoms with E-state index >= 15 is 0 Å². The van der Waals surface area contributed by atoms with E-state index in [1.165, 1.54) is 93.8 Å². The molecule has 11 rings (SSSR count). The van der Waals surface area contributed by atoms with Crippen LogP contribution in [0.1, 0.15) is 17.5 Å². The smallest absolute Gasteiger partial charge is 0.0541 e. The van der Waals surface area contributed by atoms with Crippen molar-refractivity contribution in [2.75, 3.05) is 0 Å². The summed E-state index contributed by atoms with van der Waals surface area (Å²) < 4.78 is 4.76. The van der Waals surface area contributed by atoms with Crippen molar-refractivity contribution in [1.29, 1.82) is 0 Å². The third-order valence-corrected chi connectivity index (χ3v) is 11.6. The predicted molar refractivity (Wildman–Crippen MR) is 242 cm³/mol. The second-order valence-electron chi connectivity index (χ2n) is 14.9. The fourth-order valence-electron chi connectivity index (χ4n) is 8.83. The molecule has 0 N–H and O–H groups in total. The van der Waals surface area contributed by atoms with E-state index in [4.69, 9.17) is 0 Å². The first kappa shape index (κ1) is 33.0. The number of rotatable bonds is 6. The summed E-state index contributed by atoms with van der Waals surface area (Å²) in [4.78, 5) is 0. The number of para-hydroxylation sites is 4. The van der Waals surface area contributed by atoms with Gasteiger partial charge in [0.05, 0.1) is 22.1 Å². The maximum Gasteiger partial charge on any atom is 0.0541 e. The molecular formula is C55H38N2. The molecule has 2 heterocycles.